The number of β-amino-alcohol motifs (C(OH)–C–C–N with tert-alkyl or cyclic N) is 1. The molecule has 0 saturated carbocycles. The smallest absolute Gasteiger partial charge is 0.243 e. The van der Waals surface area contributed by atoms with E-state index in [2.05, 4.69) is 20.8 Å². The van der Waals surface area contributed by atoms with Gasteiger partial charge in [0.15, 0.2) is 0 Å². The first-order valence-corrected chi connectivity index (χ1v) is 12.2. The molecule has 8 heteroatoms. The molecule has 1 fully saturated rings. The van der Waals surface area contributed by atoms with Crippen molar-refractivity contribution in [1.82, 2.24) is 9.21 Å². The number of hydrogen-bond acceptors (Lipinski definition) is 6. The van der Waals surface area contributed by atoms with E-state index in [1.807, 2.05) is 23.1 Å². The predicted molar refractivity (Wildman–Crippen MR) is 123 cm³/mol. The molecule has 1 N–H and O–H groups in total. The van der Waals surface area contributed by atoms with E-state index in [1.54, 1.807) is 36.4 Å². The van der Waals surface area contributed by atoms with Crippen LogP contribution in [0.3, 0.4) is 0 Å². The Hall–Kier alpha value is -2.44. The minimum Gasteiger partial charge on any atom is -0.491 e. The van der Waals surface area contributed by atoms with Gasteiger partial charge in [0.05, 0.1) is 16.5 Å². The normalized spacial score (nSPS) is 17.0. The molecule has 0 bridgehead atoms. The topological polar surface area (TPSA) is 93.9 Å². The van der Waals surface area contributed by atoms with Crippen molar-refractivity contribution in [3.05, 3.63) is 59.7 Å². The molecule has 1 unspecified atom stereocenters. The van der Waals surface area contributed by atoms with E-state index in [4.69, 9.17) is 10.00 Å². The van der Waals surface area contributed by atoms with Gasteiger partial charge >= 0.3 is 0 Å². The molecule has 1 aliphatic rings. The fraction of sp³-hybridized carbons (Fsp3) is 0.458. The molecule has 2 aromatic carbocycles. The van der Waals surface area contributed by atoms with Crippen molar-refractivity contribution in [2.75, 3.05) is 39.3 Å². The van der Waals surface area contributed by atoms with E-state index >= 15 is 0 Å². The molecule has 1 aliphatic heterocycles. The van der Waals surface area contributed by atoms with Gasteiger partial charge in [-0.05, 0) is 47.4 Å². The Balaban J connectivity index is 1.49. The second kappa shape index (κ2) is 10.0. The van der Waals surface area contributed by atoms with Crippen molar-refractivity contribution in [3.8, 4) is 11.8 Å². The third-order valence-electron chi connectivity index (χ3n) is 5.58. The summed E-state index contributed by atoms with van der Waals surface area (Å²) in [4.78, 5) is 2.36. The molecule has 32 heavy (non-hydrogen) atoms. The number of rotatable bonds is 7. The zero-order chi connectivity index (χ0) is 23.4. The van der Waals surface area contributed by atoms with Gasteiger partial charge in [0.2, 0.25) is 10.0 Å². The lowest BCUT2D eigenvalue weighted by Crippen LogP contribution is -2.50. The molecule has 0 amide bonds. The summed E-state index contributed by atoms with van der Waals surface area (Å²) in [6, 6.07) is 15.9. The number of nitriles is 1. The van der Waals surface area contributed by atoms with Gasteiger partial charge in [-0.3, -0.25) is 4.90 Å². The first-order chi connectivity index (χ1) is 15.1. The van der Waals surface area contributed by atoms with Gasteiger partial charge in [-0.25, -0.2) is 8.42 Å². The van der Waals surface area contributed by atoms with Gasteiger partial charge in [0.1, 0.15) is 18.5 Å². The summed E-state index contributed by atoms with van der Waals surface area (Å²) < 4.78 is 33.1. The number of nitrogens with zero attached hydrogens (tertiary/aromatic N) is 3. The highest BCUT2D eigenvalue weighted by atomic mass is 32.2. The minimum atomic E-state index is -3.53. The second-order valence-corrected chi connectivity index (χ2v) is 11.0. The molecule has 2 aromatic rings. The van der Waals surface area contributed by atoms with Crippen molar-refractivity contribution in [2.45, 2.75) is 37.2 Å². The fourth-order valence-electron chi connectivity index (χ4n) is 3.60. The summed E-state index contributed by atoms with van der Waals surface area (Å²) in [5.41, 5.74) is 1.62. The van der Waals surface area contributed by atoms with Crippen molar-refractivity contribution in [1.29, 1.82) is 5.26 Å². The Kier molecular flexibility index (Phi) is 7.57. The lowest BCUT2D eigenvalue weighted by Gasteiger charge is -2.35. The summed E-state index contributed by atoms with van der Waals surface area (Å²) in [7, 11) is -3.53. The van der Waals surface area contributed by atoms with Gasteiger partial charge < -0.3 is 9.84 Å². The number of ether oxygens (including phenoxy) is 1. The number of piperazine rings is 1. The van der Waals surface area contributed by atoms with Gasteiger partial charge in [-0.1, -0.05) is 32.9 Å². The first-order valence-electron chi connectivity index (χ1n) is 10.7. The molecular formula is C24H31N3O4S. The maximum Gasteiger partial charge on any atom is 0.243 e. The quantitative estimate of drug-likeness (QED) is 0.687. The van der Waals surface area contributed by atoms with E-state index in [0.717, 1.165) is 5.56 Å². The Morgan fingerprint density at radius 1 is 1.03 bits per heavy atom. The number of hydrogen-bond donors (Lipinski definition) is 1. The van der Waals surface area contributed by atoms with Crippen LogP contribution in [0.5, 0.6) is 5.75 Å². The Bertz CT molecular complexity index is 1030. The Labute approximate surface area is 190 Å². The first kappa shape index (κ1) is 24.2. The number of sulfonamides is 1. The van der Waals surface area contributed by atoms with Crippen LogP contribution in [0.2, 0.25) is 0 Å². The van der Waals surface area contributed by atoms with Crippen LogP contribution in [0.4, 0.5) is 0 Å². The molecule has 3 rings (SSSR count). The van der Waals surface area contributed by atoms with Crippen LogP contribution in [0.25, 0.3) is 0 Å². The Morgan fingerprint density at radius 2 is 1.62 bits per heavy atom. The van der Waals surface area contributed by atoms with Crippen LogP contribution < -0.4 is 4.74 Å². The standard InChI is InChI=1S/C24H31N3O4S/c1-24(2,3)20-6-10-23(11-7-20)32(29,30)27-14-12-26(13-15-27)17-21(28)18-31-22-8-4-19(16-25)5-9-22/h4-11,21,28H,12-15,17-18H2,1-3H3. The van der Waals surface area contributed by atoms with Crippen LogP contribution in [0.1, 0.15) is 31.9 Å². The van der Waals surface area contributed by atoms with Crippen LogP contribution in [-0.4, -0.2) is 68.2 Å². The number of aliphatic hydroxyl groups is 1. The number of benzene rings is 2. The molecule has 0 aliphatic carbocycles. The van der Waals surface area contributed by atoms with E-state index in [-0.39, 0.29) is 12.0 Å². The predicted octanol–water partition coefficient (Wildman–Crippen LogP) is 2.60. The SMILES string of the molecule is CC(C)(C)c1ccc(S(=O)(=O)N2CCN(CC(O)COc3ccc(C#N)cc3)CC2)cc1. The molecule has 1 heterocycles. The van der Waals surface area contributed by atoms with Crippen LogP contribution >= 0.6 is 0 Å². The molecule has 1 atom stereocenters. The fourth-order valence-corrected chi connectivity index (χ4v) is 5.02. The summed E-state index contributed by atoms with van der Waals surface area (Å²) in [5.74, 6) is 0.594. The van der Waals surface area contributed by atoms with Crippen molar-refractivity contribution in [3.63, 3.8) is 0 Å². The lowest BCUT2D eigenvalue weighted by atomic mass is 9.87. The van der Waals surface area contributed by atoms with Crippen molar-refractivity contribution < 1.29 is 18.3 Å². The summed E-state index contributed by atoms with van der Waals surface area (Å²) in [5, 5.41) is 19.1. The van der Waals surface area contributed by atoms with E-state index in [0.29, 0.717) is 48.9 Å². The van der Waals surface area contributed by atoms with Gasteiger partial charge in [0, 0.05) is 32.7 Å². The van der Waals surface area contributed by atoms with Crippen molar-refractivity contribution >= 4 is 10.0 Å². The molecule has 1 saturated heterocycles. The summed E-state index contributed by atoms with van der Waals surface area (Å²) in [6.07, 6.45) is -0.696. The average Bonchev–Trinajstić information content (AvgIpc) is 2.78. The van der Waals surface area contributed by atoms with E-state index < -0.39 is 16.1 Å². The average molecular weight is 458 g/mol. The largest absolute Gasteiger partial charge is 0.491 e. The van der Waals surface area contributed by atoms with Crippen LogP contribution in [-0.2, 0) is 15.4 Å². The molecule has 172 valence electrons. The Morgan fingerprint density at radius 3 is 2.16 bits per heavy atom. The summed E-state index contributed by atoms with van der Waals surface area (Å²) >= 11 is 0. The van der Waals surface area contributed by atoms with E-state index in [1.165, 1.54) is 4.31 Å². The highest BCUT2D eigenvalue weighted by Crippen LogP contribution is 2.25. The van der Waals surface area contributed by atoms with Crippen LogP contribution in [0.15, 0.2) is 53.4 Å². The molecular weight excluding hydrogens is 426 g/mol. The molecule has 7 nitrogen and oxygen atoms in total. The monoisotopic (exact) mass is 457 g/mol. The van der Waals surface area contributed by atoms with Gasteiger partial charge in [0.25, 0.3) is 0 Å². The number of aliphatic hydroxyl groups excluding tert-OH is 1. The van der Waals surface area contributed by atoms with E-state index in [9.17, 15) is 13.5 Å². The third-order valence-corrected chi connectivity index (χ3v) is 7.50. The zero-order valence-electron chi connectivity index (χ0n) is 18.9. The van der Waals surface area contributed by atoms with Crippen LogP contribution in [0, 0.1) is 11.3 Å². The lowest BCUT2D eigenvalue weighted by molar-refractivity contribution is 0.0569. The molecule has 0 aromatic heterocycles. The highest BCUT2D eigenvalue weighted by Gasteiger charge is 2.29. The maximum absolute atomic E-state index is 13.0. The van der Waals surface area contributed by atoms with Gasteiger partial charge in [-0.2, -0.15) is 9.57 Å². The summed E-state index contributed by atoms with van der Waals surface area (Å²) in [6.45, 7) is 8.69. The molecule has 0 spiro atoms. The zero-order valence-corrected chi connectivity index (χ0v) is 19.7. The second-order valence-electron chi connectivity index (χ2n) is 9.08. The highest BCUT2D eigenvalue weighted by molar-refractivity contribution is 7.89. The van der Waals surface area contributed by atoms with Crippen molar-refractivity contribution in [2.24, 2.45) is 0 Å². The molecule has 0 radical (unpaired) electrons. The maximum atomic E-state index is 13.0. The minimum absolute atomic E-state index is 0.0292. The third kappa shape index (κ3) is 6.08. The van der Waals surface area contributed by atoms with Gasteiger partial charge in [-0.15, -0.1) is 0 Å².